The number of carbonyl (C=O) groups excluding carboxylic acids is 1. The lowest BCUT2D eigenvalue weighted by Crippen LogP contribution is -2.19. The van der Waals surface area contributed by atoms with Gasteiger partial charge >= 0.3 is 6.03 Å². The number of amides is 2. The summed E-state index contributed by atoms with van der Waals surface area (Å²) in [7, 11) is 0. The lowest BCUT2D eigenvalue weighted by Gasteiger charge is -2.09. The van der Waals surface area contributed by atoms with Gasteiger partial charge in [-0.1, -0.05) is 23.7 Å². The van der Waals surface area contributed by atoms with Gasteiger partial charge in [0.15, 0.2) is 0 Å². The molecule has 0 bridgehead atoms. The third-order valence-electron chi connectivity index (χ3n) is 2.83. The molecule has 4 nitrogen and oxygen atoms in total. The van der Waals surface area contributed by atoms with Crippen LogP contribution in [0.1, 0.15) is 18.6 Å². The molecule has 0 aliphatic rings. The van der Waals surface area contributed by atoms with Crippen molar-refractivity contribution in [3.05, 3.63) is 58.9 Å². The van der Waals surface area contributed by atoms with E-state index < -0.39 is 18.0 Å². The van der Waals surface area contributed by atoms with Gasteiger partial charge in [-0.3, -0.25) is 0 Å². The predicted molar refractivity (Wildman–Crippen MR) is 81.1 cm³/mol. The molecule has 110 valence electrons. The fraction of sp³-hybridized carbons (Fsp3) is 0.133. The van der Waals surface area contributed by atoms with E-state index in [0.29, 0.717) is 11.4 Å². The van der Waals surface area contributed by atoms with Gasteiger partial charge in [0.25, 0.3) is 0 Å². The first kappa shape index (κ1) is 15.3. The maximum atomic E-state index is 13.2. The summed E-state index contributed by atoms with van der Waals surface area (Å²) >= 11 is 5.56. The smallest absolute Gasteiger partial charge is 0.323 e. The summed E-state index contributed by atoms with van der Waals surface area (Å²) in [4.78, 5) is 11.8. The van der Waals surface area contributed by atoms with Crippen molar-refractivity contribution in [1.82, 2.24) is 0 Å². The highest BCUT2D eigenvalue weighted by Gasteiger charge is 2.06. The third kappa shape index (κ3) is 4.18. The van der Waals surface area contributed by atoms with E-state index in [4.69, 9.17) is 11.6 Å². The number of nitrogens with one attached hydrogen (secondary N) is 2. The topological polar surface area (TPSA) is 61.4 Å². The molecule has 0 aromatic heterocycles. The Hall–Kier alpha value is -2.11. The number of benzene rings is 2. The average Bonchev–Trinajstić information content (AvgIpc) is 2.43. The van der Waals surface area contributed by atoms with Gasteiger partial charge in [-0.25, -0.2) is 9.18 Å². The van der Waals surface area contributed by atoms with E-state index in [0.717, 1.165) is 11.6 Å². The number of aliphatic hydroxyl groups is 1. The third-order valence-corrected chi connectivity index (χ3v) is 3.13. The summed E-state index contributed by atoms with van der Waals surface area (Å²) in [5.74, 6) is -0.601. The van der Waals surface area contributed by atoms with Crippen LogP contribution in [0.4, 0.5) is 20.6 Å². The molecule has 2 rings (SSSR count). The number of carbonyl (C=O) groups is 1. The van der Waals surface area contributed by atoms with E-state index in [1.165, 1.54) is 12.1 Å². The van der Waals surface area contributed by atoms with Gasteiger partial charge in [0, 0.05) is 11.4 Å². The summed E-state index contributed by atoms with van der Waals surface area (Å²) in [5, 5.41) is 14.5. The van der Waals surface area contributed by atoms with E-state index >= 15 is 0 Å². The highest BCUT2D eigenvalue weighted by Crippen LogP contribution is 2.19. The summed E-state index contributed by atoms with van der Waals surface area (Å²) in [6, 6.07) is 10.3. The zero-order chi connectivity index (χ0) is 15.4. The molecule has 2 aromatic carbocycles. The number of anilines is 2. The number of aliphatic hydroxyl groups excluding tert-OH is 1. The van der Waals surface area contributed by atoms with Crippen molar-refractivity contribution in [2.24, 2.45) is 0 Å². The molecular formula is C15H14ClFN2O2. The first-order valence-electron chi connectivity index (χ1n) is 6.27. The SMILES string of the molecule is CC(O)c1ccc(NC(=O)Nc2ccc(Cl)c(F)c2)cc1. The van der Waals surface area contributed by atoms with Gasteiger partial charge in [0.2, 0.25) is 0 Å². The Morgan fingerprint density at radius 3 is 2.29 bits per heavy atom. The minimum Gasteiger partial charge on any atom is -0.389 e. The number of rotatable bonds is 3. The fourth-order valence-electron chi connectivity index (χ4n) is 1.71. The molecule has 1 unspecified atom stereocenters. The molecule has 2 aromatic rings. The summed E-state index contributed by atoms with van der Waals surface area (Å²) in [5.41, 5.74) is 1.61. The molecule has 2 amide bonds. The highest BCUT2D eigenvalue weighted by atomic mass is 35.5. The molecule has 0 fully saturated rings. The molecule has 0 saturated heterocycles. The monoisotopic (exact) mass is 308 g/mol. The van der Waals surface area contributed by atoms with Crippen molar-refractivity contribution in [2.75, 3.05) is 10.6 Å². The summed E-state index contributed by atoms with van der Waals surface area (Å²) < 4.78 is 13.2. The lowest BCUT2D eigenvalue weighted by molar-refractivity contribution is 0.199. The minimum atomic E-state index is -0.601. The van der Waals surface area contributed by atoms with Crippen LogP contribution in [-0.2, 0) is 0 Å². The van der Waals surface area contributed by atoms with Gasteiger partial charge in [-0.05, 0) is 42.8 Å². The van der Waals surface area contributed by atoms with Crippen molar-refractivity contribution in [1.29, 1.82) is 0 Å². The van der Waals surface area contributed by atoms with Crippen LogP contribution in [0.3, 0.4) is 0 Å². The first-order chi connectivity index (χ1) is 9.95. The van der Waals surface area contributed by atoms with Crippen molar-refractivity contribution in [2.45, 2.75) is 13.0 Å². The van der Waals surface area contributed by atoms with Gasteiger partial charge < -0.3 is 15.7 Å². The number of hydrogen-bond donors (Lipinski definition) is 3. The maximum Gasteiger partial charge on any atom is 0.323 e. The second kappa shape index (κ2) is 6.56. The highest BCUT2D eigenvalue weighted by molar-refractivity contribution is 6.30. The van der Waals surface area contributed by atoms with Crippen molar-refractivity contribution < 1.29 is 14.3 Å². The predicted octanol–water partition coefficient (Wildman–Crippen LogP) is 4.18. The van der Waals surface area contributed by atoms with Crippen LogP contribution >= 0.6 is 11.6 Å². The molecule has 0 spiro atoms. The Bertz CT molecular complexity index is 645. The van der Waals surface area contributed by atoms with Crippen molar-refractivity contribution in [3.63, 3.8) is 0 Å². The van der Waals surface area contributed by atoms with Crippen LogP contribution in [0.15, 0.2) is 42.5 Å². The van der Waals surface area contributed by atoms with Gasteiger partial charge in [0.1, 0.15) is 5.82 Å². The van der Waals surface area contributed by atoms with Crippen LogP contribution < -0.4 is 10.6 Å². The van der Waals surface area contributed by atoms with Gasteiger partial charge in [0.05, 0.1) is 11.1 Å². The number of hydrogen-bond acceptors (Lipinski definition) is 2. The largest absolute Gasteiger partial charge is 0.389 e. The number of halogens is 2. The molecule has 0 saturated carbocycles. The Kier molecular flexibility index (Phi) is 4.77. The Balaban J connectivity index is 1.99. The average molecular weight is 309 g/mol. The maximum absolute atomic E-state index is 13.2. The van der Waals surface area contributed by atoms with Crippen LogP contribution in [-0.4, -0.2) is 11.1 Å². The molecule has 21 heavy (non-hydrogen) atoms. The standard InChI is InChI=1S/C15H14ClFN2O2/c1-9(20)10-2-4-11(5-3-10)18-15(21)19-12-6-7-13(16)14(17)8-12/h2-9,20H,1H3,(H2,18,19,21). The molecular weight excluding hydrogens is 295 g/mol. The van der Waals surface area contributed by atoms with Crippen molar-refractivity contribution in [3.8, 4) is 0 Å². The second-order valence-corrected chi connectivity index (χ2v) is 4.91. The fourth-order valence-corrected chi connectivity index (χ4v) is 1.83. The molecule has 0 aliphatic carbocycles. The summed E-state index contributed by atoms with van der Waals surface area (Å²) in [6.45, 7) is 1.66. The normalized spacial score (nSPS) is 11.8. The van der Waals surface area contributed by atoms with Crippen molar-refractivity contribution >= 4 is 29.0 Å². The molecule has 0 heterocycles. The quantitative estimate of drug-likeness (QED) is 0.796. The molecule has 0 radical (unpaired) electrons. The van der Waals surface area contributed by atoms with E-state index in [2.05, 4.69) is 10.6 Å². The number of urea groups is 1. The zero-order valence-electron chi connectivity index (χ0n) is 11.2. The van der Waals surface area contributed by atoms with E-state index in [-0.39, 0.29) is 5.02 Å². The van der Waals surface area contributed by atoms with Gasteiger partial charge in [-0.2, -0.15) is 0 Å². The lowest BCUT2D eigenvalue weighted by atomic mass is 10.1. The molecule has 3 N–H and O–H groups in total. The van der Waals surface area contributed by atoms with Crippen LogP contribution in [0.25, 0.3) is 0 Å². The van der Waals surface area contributed by atoms with Crippen LogP contribution in [0, 0.1) is 5.82 Å². The first-order valence-corrected chi connectivity index (χ1v) is 6.64. The Morgan fingerprint density at radius 1 is 1.14 bits per heavy atom. The Morgan fingerprint density at radius 2 is 1.71 bits per heavy atom. The van der Waals surface area contributed by atoms with E-state index in [1.807, 2.05) is 0 Å². The summed E-state index contributed by atoms with van der Waals surface area (Å²) in [6.07, 6.45) is -0.565. The zero-order valence-corrected chi connectivity index (χ0v) is 12.0. The minimum absolute atomic E-state index is 0.00493. The van der Waals surface area contributed by atoms with Crippen LogP contribution in [0.5, 0.6) is 0 Å². The molecule has 1 atom stereocenters. The van der Waals surface area contributed by atoms with Crippen LogP contribution in [0.2, 0.25) is 5.02 Å². The molecule has 6 heteroatoms. The van der Waals surface area contributed by atoms with E-state index in [9.17, 15) is 14.3 Å². The second-order valence-electron chi connectivity index (χ2n) is 4.51. The molecule has 0 aliphatic heterocycles. The Labute approximate surface area is 126 Å². The van der Waals surface area contributed by atoms with E-state index in [1.54, 1.807) is 31.2 Å². The van der Waals surface area contributed by atoms with Gasteiger partial charge in [-0.15, -0.1) is 0 Å².